The molecule has 0 amide bonds. The molecule has 2 heterocycles. The van der Waals surface area contributed by atoms with Crippen molar-refractivity contribution in [3.63, 3.8) is 0 Å². The van der Waals surface area contributed by atoms with Crippen molar-refractivity contribution >= 4 is 0 Å². The lowest BCUT2D eigenvalue weighted by Crippen LogP contribution is -2.33. The standard InChI is InChI=1S/C20H38O4/c1-2-3-4-5-6-7-8-9-10-11-12-13-14-22-18-16-24-19-17(21)15-23-20(18)19/h17-21H,2-16H2,1H3/t17-,18+,19-,20-/m1/s1. The lowest BCUT2D eigenvalue weighted by molar-refractivity contribution is -0.0378. The minimum absolute atomic E-state index is 0.0138. The average Bonchev–Trinajstić information content (AvgIpc) is 3.15. The molecule has 4 nitrogen and oxygen atoms in total. The SMILES string of the molecule is CCCCCCCCCCCCCCO[C@H]1CO[C@H]2[C@@H]1OC[C@H]2O. The molecular formula is C20H38O4. The van der Waals surface area contributed by atoms with Crippen molar-refractivity contribution < 1.29 is 19.3 Å². The van der Waals surface area contributed by atoms with E-state index < -0.39 is 6.10 Å². The van der Waals surface area contributed by atoms with E-state index in [0.717, 1.165) is 13.0 Å². The van der Waals surface area contributed by atoms with Crippen LogP contribution in [0.1, 0.15) is 84.0 Å². The summed E-state index contributed by atoms with van der Waals surface area (Å²) in [5.41, 5.74) is 0. The molecule has 2 saturated heterocycles. The molecule has 142 valence electrons. The maximum atomic E-state index is 9.70. The molecule has 24 heavy (non-hydrogen) atoms. The summed E-state index contributed by atoms with van der Waals surface area (Å²) in [6.45, 7) is 4.00. The van der Waals surface area contributed by atoms with Crippen molar-refractivity contribution in [2.75, 3.05) is 19.8 Å². The molecular weight excluding hydrogens is 304 g/mol. The fraction of sp³-hybridized carbons (Fsp3) is 1.00. The lowest BCUT2D eigenvalue weighted by atomic mass is 10.1. The average molecular weight is 343 g/mol. The molecule has 1 N–H and O–H groups in total. The highest BCUT2D eigenvalue weighted by molar-refractivity contribution is 4.94. The van der Waals surface area contributed by atoms with E-state index in [4.69, 9.17) is 14.2 Å². The second-order valence-corrected chi connectivity index (χ2v) is 7.46. The zero-order valence-corrected chi connectivity index (χ0v) is 15.6. The highest BCUT2D eigenvalue weighted by Crippen LogP contribution is 2.28. The molecule has 0 unspecified atom stereocenters. The number of rotatable bonds is 14. The van der Waals surface area contributed by atoms with E-state index in [1.165, 1.54) is 70.6 Å². The highest BCUT2D eigenvalue weighted by atomic mass is 16.6. The molecule has 0 aromatic rings. The van der Waals surface area contributed by atoms with Gasteiger partial charge in [-0.25, -0.2) is 0 Å². The Balaban J connectivity index is 1.33. The summed E-state index contributed by atoms with van der Waals surface area (Å²) in [6.07, 6.45) is 15.6. The van der Waals surface area contributed by atoms with Gasteiger partial charge >= 0.3 is 0 Å². The van der Waals surface area contributed by atoms with Crippen LogP contribution in [0.4, 0.5) is 0 Å². The van der Waals surface area contributed by atoms with E-state index in [2.05, 4.69) is 6.92 Å². The minimum atomic E-state index is -0.477. The molecule has 4 heteroatoms. The Morgan fingerprint density at radius 2 is 1.29 bits per heavy atom. The molecule has 2 rings (SSSR count). The third-order valence-corrected chi connectivity index (χ3v) is 5.31. The van der Waals surface area contributed by atoms with E-state index in [-0.39, 0.29) is 18.3 Å². The summed E-state index contributed by atoms with van der Waals surface area (Å²) in [5.74, 6) is 0. The zero-order chi connectivity index (χ0) is 17.0. The van der Waals surface area contributed by atoms with E-state index in [1.54, 1.807) is 0 Å². The van der Waals surface area contributed by atoms with Gasteiger partial charge in [-0.15, -0.1) is 0 Å². The van der Waals surface area contributed by atoms with Gasteiger partial charge < -0.3 is 19.3 Å². The van der Waals surface area contributed by atoms with Gasteiger partial charge in [0.05, 0.1) is 13.2 Å². The number of unbranched alkanes of at least 4 members (excludes halogenated alkanes) is 11. The molecule has 0 radical (unpaired) electrons. The topological polar surface area (TPSA) is 47.9 Å². The normalized spacial score (nSPS) is 29.2. The Kier molecular flexibility index (Phi) is 10.3. The summed E-state index contributed by atoms with van der Waals surface area (Å²) < 4.78 is 17.0. The summed E-state index contributed by atoms with van der Waals surface area (Å²) in [5, 5.41) is 9.70. The molecule has 0 saturated carbocycles. The Hall–Kier alpha value is -0.160. The van der Waals surface area contributed by atoms with Crippen molar-refractivity contribution in [1.29, 1.82) is 0 Å². The summed E-state index contributed by atoms with van der Waals surface area (Å²) in [7, 11) is 0. The molecule has 2 aliphatic rings. The van der Waals surface area contributed by atoms with Crippen molar-refractivity contribution in [2.24, 2.45) is 0 Å². The second kappa shape index (κ2) is 12.2. The Labute approximate surface area is 148 Å². The number of aliphatic hydroxyl groups excluding tert-OH is 1. The maximum Gasteiger partial charge on any atom is 0.115 e. The number of hydrogen-bond donors (Lipinski definition) is 1. The fourth-order valence-electron chi connectivity index (χ4n) is 3.76. The first kappa shape index (κ1) is 20.2. The van der Waals surface area contributed by atoms with Gasteiger partial charge in [-0.3, -0.25) is 0 Å². The van der Waals surface area contributed by atoms with Gasteiger partial charge in [0.25, 0.3) is 0 Å². The fourth-order valence-corrected chi connectivity index (χ4v) is 3.76. The van der Waals surface area contributed by atoms with Gasteiger partial charge in [-0.2, -0.15) is 0 Å². The smallest absolute Gasteiger partial charge is 0.115 e. The van der Waals surface area contributed by atoms with Crippen LogP contribution in [0, 0.1) is 0 Å². The number of aliphatic hydroxyl groups is 1. The van der Waals surface area contributed by atoms with Crippen LogP contribution < -0.4 is 0 Å². The largest absolute Gasteiger partial charge is 0.388 e. The third kappa shape index (κ3) is 6.99. The summed E-state index contributed by atoms with van der Waals surface area (Å²) in [6, 6.07) is 0. The third-order valence-electron chi connectivity index (χ3n) is 5.31. The molecule has 0 aliphatic carbocycles. The van der Waals surface area contributed by atoms with Gasteiger partial charge in [-0.1, -0.05) is 77.6 Å². The van der Waals surface area contributed by atoms with Gasteiger partial charge in [0.15, 0.2) is 0 Å². The molecule has 2 fully saturated rings. The van der Waals surface area contributed by atoms with E-state index in [0.29, 0.717) is 13.2 Å². The lowest BCUT2D eigenvalue weighted by Gasteiger charge is -2.16. The quantitative estimate of drug-likeness (QED) is 0.480. The Morgan fingerprint density at radius 3 is 1.92 bits per heavy atom. The van der Waals surface area contributed by atoms with Gasteiger partial charge in [0, 0.05) is 6.61 Å². The van der Waals surface area contributed by atoms with Crippen LogP contribution in [-0.4, -0.2) is 49.3 Å². The summed E-state index contributed by atoms with van der Waals surface area (Å²) >= 11 is 0. The van der Waals surface area contributed by atoms with Gasteiger partial charge in [0.1, 0.15) is 24.4 Å². The van der Waals surface area contributed by atoms with E-state index in [1.807, 2.05) is 0 Å². The molecule has 2 aliphatic heterocycles. The molecule has 0 bridgehead atoms. The molecule has 0 aromatic carbocycles. The first-order chi connectivity index (χ1) is 11.8. The predicted molar refractivity (Wildman–Crippen MR) is 96.3 cm³/mol. The first-order valence-electron chi connectivity index (χ1n) is 10.4. The van der Waals surface area contributed by atoms with Crippen LogP contribution in [0.15, 0.2) is 0 Å². The van der Waals surface area contributed by atoms with Crippen molar-refractivity contribution in [1.82, 2.24) is 0 Å². The van der Waals surface area contributed by atoms with Crippen molar-refractivity contribution in [2.45, 2.75) is 108 Å². The number of fused-ring (bicyclic) bond motifs is 1. The van der Waals surface area contributed by atoms with Crippen LogP contribution in [0.5, 0.6) is 0 Å². The Morgan fingerprint density at radius 1 is 0.750 bits per heavy atom. The van der Waals surface area contributed by atoms with E-state index in [9.17, 15) is 5.11 Å². The minimum Gasteiger partial charge on any atom is -0.388 e. The van der Waals surface area contributed by atoms with Crippen LogP contribution in [0.2, 0.25) is 0 Å². The van der Waals surface area contributed by atoms with Crippen LogP contribution in [-0.2, 0) is 14.2 Å². The van der Waals surface area contributed by atoms with Crippen molar-refractivity contribution in [3.05, 3.63) is 0 Å². The zero-order valence-electron chi connectivity index (χ0n) is 15.6. The Bertz CT molecular complexity index is 310. The van der Waals surface area contributed by atoms with Crippen LogP contribution in [0.25, 0.3) is 0 Å². The molecule has 0 aromatic heterocycles. The van der Waals surface area contributed by atoms with Crippen LogP contribution in [0.3, 0.4) is 0 Å². The monoisotopic (exact) mass is 342 g/mol. The first-order valence-corrected chi connectivity index (χ1v) is 10.4. The predicted octanol–water partition coefficient (Wildman–Crippen LogP) is 4.23. The number of ether oxygens (including phenoxy) is 3. The number of hydrogen-bond acceptors (Lipinski definition) is 4. The molecule has 4 atom stereocenters. The van der Waals surface area contributed by atoms with Gasteiger partial charge in [0.2, 0.25) is 0 Å². The molecule has 0 spiro atoms. The van der Waals surface area contributed by atoms with Crippen molar-refractivity contribution in [3.8, 4) is 0 Å². The maximum absolute atomic E-state index is 9.70. The second-order valence-electron chi connectivity index (χ2n) is 7.46. The van der Waals surface area contributed by atoms with E-state index >= 15 is 0 Å². The highest BCUT2D eigenvalue weighted by Gasteiger charge is 2.47. The summed E-state index contributed by atoms with van der Waals surface area (Å²) in [4.78, 5) is 0. The van der Waals surface area contributed by atoms with Crippen LogP contribution >= 0.6 is 0 Å². The van der Waals surface area contributed by atoms with Gasteiger partial charge in [-0.05, 0) is 6.42 Å².